The fourth-order valence-electron chi connectivity index (χ4n) is 3.88. The summed E-state index contributed by atoms with van der Waals surface area (Å²) in [4.78, 5) is 13.0. The van der Waals surface area contributed by atoms with Crippen LogP contribution in [0.5, 0.6) is 0 Å². The zero-order valence-electron chi connectivity index (χ0n) is 11.6. The molecule has 2 rings (SSSR count). The summed E-state index contributed by atoms with van der Waals surface area (Å²) in [5.41, 5.74) is 0.0419. The number of ketones is 1. The molecule has 2 fully saturated rings. The highest BCUT2D eigenvalue weighted by molar-refractivity contribution is 8.01. The van der Waals surface area contributed by atoms with Crippen LogP contribution in [-0.2, 0) is 4.79 Å². The molecule has 0 N–H and O–H groups in total. The minimum Gasteiger partial charge on any atom is -0.298 e. The van der Waals surface area contributed by atoms with Gasteiger partial charge >= 0.3 is 0 Å². The number of hydrogen-bond donors (Lipinski definition) is 0. The highest BCUT2D eigenvalue weighted by atomic mass is 32.2. The normalized spacial score (nSPS) is 32.2. The molecule has 1 saturated carbocycles. The van der Waals surface area contributed by atoms with Crippen LogP contribution in [0, 0.1) is 11.3 Å². The summed E-state index contributed by atoms with van der Waals surface area (Å²) in [6, 6.07) is 0. The number of rotatable bonds is 4. The molecule has 0 spiro atoms. The molecule has 1 saturated heterocycles. The molecule has 0 aromatic heterocycles. The second-order valence-electron chi connectivity index (χ2n) is 6.60. The van der Waals surface area contributed by atoms with Crippen LogP contribution in [0.4, 0.5) is 0 Å². The molecule has 1 nitrogen and oxygen atoms in total. The second kappa shape index (κ2) is 4.95. The van der Waals surface area contributed by atoms with Gasteiger partial charge < -0.3 is 0 Å². The molecule has 2 aliphatic rings. The summed E-state index contributed by atoms with van der Waals surface area (Å²) in [7, 11) is 0. The van der Waals surface area contributed by atoms with Gasteiger partial charge in [-0.05, 0) is 50.7 Å². The predicted molar refractivity (Wildman–Crippen MR) is 75.5 cm³/mol. The van der Waals surface area contributed by atoms with E-state index in [1.54, 1.807) is 0 Å². The van der Waals surface area contributed by atoms with E-state index in [0.717, 1.165) is 25.7 Å². The first-order valence-electron chi connectivity index (χ1n) is 7.17. The molecule has 1 aliphatic carbocycles. The number of thioether (sulfide) groups is 1. The molecule has 0 amide bonds. The molecule has 0 aromatic rings. The average Bonchev–Trinajstić information content (AvgIpc) is 2.87. The SMILES string of the molecule is CC(C)CC1(C(=O)C2(C)CCCS2)CCCC1. The van der Waals surface area contributed by atoms with Gasteiger partial charge in [-0.3, -0.25) is 4.79 Å². The van der Waals surface area contributed by atoms with Gasteiger partial charge in [0.1, 0.15) is 0 Å². The topological polar surface area (TPSA) is 17.1 Å². The van der Waals surface area contributed by atoms with Crippen molar-refractivity contribution in [2.45, 2.75) is 70.5 Å². The lowest BCUT2D eigenvalue weighted by Gasteiger charge is -2.36. The van der Waals surface area contributed by atoms with Crippen LogP contribution in [0.25, 0.3) is 0 Å². The van der Waals surface area contributed by atoms with E-state index in [2.05, 4.69) is 20.8 Å². The Morgan fingerprint density at radius 2 is 1.82 bits per heavy atom. The van der Waals surface area contributed by atoms with E-state index in [-0.39, 0.29) is 10.2 Å². The molecule has 2 heteroatoms. The van der Waals surface area contributed by atoms with Gasteiger partial charge in [0.25, 0.3) is 0 Å². The van der Waals surface area contributed by atoms with Crippen molar-refractivity contribution in [1.29, 1.82) is 0 Å². The van der Waals surface area contributed by atoms with Gasteiger partial charge in [-0.25, -0.2) is 0 Å². The van der Waals surface area contributed by atoms with Crippen molar-refractivity contribution in [3.63, 3.8) is 0 Å². The van der Waals surface area contributed by atoms with E-state index in [1.807, 2.05) is 11.8 Å². The fraction of sp³-hybridized carbons (Fsp3) is 0.933. The second-order valence-corrected chi connectivity index (χ2v) is 8.20. The van der Waals surface area contributed by atoms with E-state index in [0.29, 0.717) is 11.7 Å². The number of carbonyl (C=O) groups excluding carboxylic acids is 1. The van der Waals surface area contributed by atoms with Gasteiger partial charge in [-0.2, -0.15) is 0 Å². The van der Waals surface area contributed by atoms with Gasteiger partial charge in [-0.1, -0.05) is 26.7 Å². The molecular formula is C15H26OS. The predicted octanol–water partition coefficient (Wildman–Crippen LogP) is 4.45. The quantitative estimate of drug-likeness (QED) is 0.737. The Balaban J connectivity index is 2.18. The molecule has 0 bridgehead atoms. The molecule has 98 valence electrons. The Labute approximate surface area is 110 Å². The van der Waals surface area contributed by atoms with Crippen LogP contribution in [0.15, 0.2) is 0 Å². The molecule has 1 atom stereocenters. The summed E-state index contributed by atoms with van der Waals surface area (Å²) < 4.78 is -0.0563. The minimum absolute atomic E-state index is 0.0419. The molecule has 1 unspecified atom stereocenters. The van der Waals surface area contributed by atoms with Crippen molar-refractivity contribution in [1.82, 2.24) is 0 Å². The first-order valence-corrected chi connectivity index (χ1v) is 8.16. The summed E-state index contributed by atoms with van der Waals surface area (Å²) >= 11 is 1.92. The lowest BCUT2D eigenvalue weighted by Crippen LogP contribution is -2.42. The van der Waals surface area contributed by atoms with E-state index in [1.165, 1.54) is 25.0 Å². The molecule has 0 aromatic carbocycles. The lowest BCUT2D eigenvalue weighted by atomic mass is 9.70. The summed E-state index contributed by atoms with van der Waals surface area (Å²) in [6.07, 6.45) is 8.28. The Morgan fingerprint density at radius 1 is 1.18 bits per heavy atom. The first-order chi connectivity index (χ1) is 7.99. The van der Waals surface area contributed by atoms with Crippen LogP contribution < -0.4 is 0 Å². The number of Topliss-reactive ketones (excluding diaryl/α,β-unsaturated/α-hetero) is 1. The van der Waals surface area contributed by atoms with Crippen LogP contribution in [0.2, 0.25) is 0 Å². The largest absolute Gasteiger partial charge is 0.298 e. The van der Waals surface area contributed by atoms with Crippen molar-refractivity contribution < 1.29 is 4.79 Å². The molecule has 0 radical (unpaired) electrons. The molecule has 17 heavy (non-hydrogen) atoms. The van der Waals surface area contributed by atoms with Gasteiger partial charge in [0.05, 0.1) is 4.75 Å². The Hall–Kier alpha value is 0.0200. The summed E-state index contributed by atoms with van der Waals surface area (Å²) in [6.45, 7) is 6.72. The fourth-order valence-corrected chi connectivity index (χ4v) is 5.25. The number of hydrogen-bond acceptors (Lipinski definition) is 2. The van der Waals surface area contributed by atoms with Crippen LogP contribution >= 0.6 is 11.8 Å². The van der Waals surface area contributed by atoms with Crippen molar-refractivity contribution in [3.8, 4) is 0 Å². The highest BCUT2D eigenvalue weighted by Gasteiger charge is 2.50. The zero-order valence-corrected chi connectivity index (χ0v) is 12.4. The first kappa shape index (κ1) is 13.5. The van der Waals surface area contributed by atoms with Crippen molar-refractivity contribution in [2.75, 3.05) is 5.75 Å². The average molecular weight is 254 g/mol. The third kappa shape index (κ3) is 2.57. The zero-order chi connectivity index (χ0) is 12.5. The third-order valence-corrected chi connectivity index (χ3v) is 6.06. The van der Waals surface area contributed by atoms with E-state index in [4.69, 9.17) is 0 Å². The molecule has 1 heterocycles. The smallest absolute Gasteiger partial charge is 0.154 e. The van der Waals surface area contributed by atoms with Crippen molar-refractivity contribution in [2.24, 2.45) is 11.3 Å². The highest BCUT2D eigenvalue weighted by Crippen LogP contribution is 2.51. The maximum Gasteiger partial charge on any atom is 0.154 e. The third-order valence-electron chi connectivity index (χ3n) is 4.54. The monoisotopic (exact) mass is 254 g/mol. The number of carbonyl (C=O) groups is 1. The van der Waals surface area contributed by atoms with E-state index >= 15 is 0 Å². The lowest BCUT2D eigenvalue weighted by molar-refractivity contribution is -0.131. The van der Waals surface area contributed by atoms with Crippen LogP contribution in [0.1, 0.15) is 65.7 Å². The molecular weight excluding hydrogens is 228 g/mol. The minimum atomic E-state index is -0.0563. The van der Waals surface area contributed by atoms with Crippen LogP contribution in [0.3, 0.4) is 0 Å². The Morgan fingerprint density at radius 3 is 2.29 bits per heavy atom. The van der Waals surface area contributed by atoms with Gasteiger partial charge in [0, 0.05) is 5.41 Å². The van der Waals surface area contributed by atoms with Crippen molar-refractivity contribution >= 4 is 17.5 Å². The Kier molecular flexibility index (Phi) is 3.92. The maximum absolute atomic E-state index is 13.0. The van der Waals surface area contributed by atoms with Gasteiger partial charge in [0.15, 0.2) is 5.78 Å². The van der Waals surface area contributed by atoms with Crippen molar-refractivity contribution in [3.05, 3.63) is 0 Å². The molecule has 1 aliphatic heterocycles. The van der Waals surface area contributed by atoms with E-state index < -0.39 is 0 Å². The Bertz CT molecular complexity index is 283. The summed E-state index contributed by atoms with van der Waals surface area (Å²) in [5, 5.41) is 0. The van der Waals surface area contributed by atoms with Crippen LogP contribution in [-0.4, -0.2) is 16.3 Å². The standard InChI is InChI=1S/C15H26OS/c1-12(2)11-15(8-4-5-9-15)13(16)14(3)7-6-10-17-14/h12H,4-11H2,1-3H3. The summed E-state index contributed by atoms with van der Waals surface area (Å²) in [5.74, 6) is 2.42. The van der Waals surface area contributed by atoms with E-state index in [9.17, 15) is 4.79 Å². The maximum atomic E-state index is 13.0. The van der Waals surface area contributed by atoms with Gasteiger partial charge in [-0.15, -0.1) is 11.8 Å². The van der Waals surface area contributed by atoms with Gasteiger partial charge in [0.2, 0.25) is 0 Å².